The van der Waals surface area contributed by atoms with Gasteiger partial charge in [0.1, 0.15) is 0 Å². The summed E-state index contributed by atoms with van der Waals surface area (Å²) in [5.41, 5.74) is 0. The summed E-state index contributed by atoms with van der Waals surface area (Å²) in [6.45, 7) is 9.71. The summed E-state index contributed by atoms with van der Waals surface area (Å²) in [5.74, 6) is 0.241. The Hall–Kier alpha value is -0.0900. The van der Waals surface area contributed by atoms with Gasteiger partial charge in [0.15, 0.2) is 0 Å². The topological polar surface area (TPSA) is 37.4 Å². The first kappa shape index (κ1) is 12.9. The second kappa shape index (κ2) is 4.42. The average Bonchev–Trinajstić information content (AvgIpc) is 2.25. The molecule has 0 N–H and O–H groups in total. The van der Waals surface area contributed by atoms with Crippen LogP contribution in [0.2, 0.25) is 0 Å². The molecule has 80 valence electrons. The Bertz CT molecular complexity index is 228. The third kappa shape index (κ3) is 2.05. The van der Waals surface area contributed by atoms with Gasteiger partial charge >= 0.3 is 0 Å². The highest BCUT2D eigenvalue weighted by atomic mass is 32.2. The molecule has 0 aliphatic carbocycles. The van der Waals surface area contributed by atoms with E-state index in [4.69, 9.17) is 0 Å². The number of nitrogens with zero attached hydrogens (tertiary/aromatic N) is 1. The van der Waals surface area contributed by atoms with Gasteiger partial charge in [-0.3, -0.25) is 0 Å². The van der Waals surface area contributed by atoms with Crippen molar-refractivity contribution in [3.8, 4) is 0 Å². The standard InChI is InChI=1S/C7H15NO2S.C2H6/c1-5-6(2)8(4)11(9,10)7(5)3;1-2/h5-7H,1-4H3;1-2H3. The molecule has 0 spiro atoms. The normalized spacial score (nSPS) is 38.2. The van der Waals surface area contributed by atoms with E-state index in [1.165, 1.54) is 4.31 Å². The molecular weight excluding hydrogens is 186 g/mol. The molecule has 1 aliphatic heterocycles. The molecule has 1 heterocycles. The van der Waals surface area contributed by atoms with Crippen molar-refractivity contribution in [3.63, 3.8) is 0 Å². The molecule has 1 fully saturated rings. The lowest BCUT2D eigenvalue weighted by Crippen LogP contribution is -2.28. The van der Waals surface area contributed by atoms with Crippen molar-refractivity contribution in [2.24, 2.45) is 5.92 Å². The lowest BCUT2D eigenvalue weighted by atomic mass is 10.0. The third-order valence-electron chi connectivity index (χ3n) is 2.95. The third-order valence-corrected chi connectivity index (χ3v) is 5.45. The van der Waals surface area contributed by atoms with Gasteiger partial charge in [-0.25, -0.2) is 12.7 Å². The summed E-state index contributed by atoms with van der Waals surface area (Å²) in [5, 5.41) is -0.220. The van der Waals surface area contributed by atoms with Gasteiger partial charge in [-0.15, -0.1) is 0 Å². The van der Waals surface area contributed by atoms with Crippen molar-refractivity contribution in [1.29, 1.82) is 0 Å². The Morgan fingerprint density at radius 1 is 1.08 bits per heavy atom. The molecule has 3 atom stereocenters. The Kier molecular flexibility index (Phi) is 4.39. The van der Waals surface area contributed by atoms with Crippen LogP contribution in [0, 0.1) is 5.92 Å². The first-order valence-electron chi connectivity index (χ1n) is 4.86. The average molecular weight is 207 g/mol. The van der Waals surface area contributed by atoms with Crippen LogP contribution in [0.4, 0.5) is 0 Å². The predicted octanol–water partition coefficient (Wildman–Crippen LogP) is 1.70. The molecule has 0 amide bonds. The molecule has 0 radical (unpaired) electrons. The zero-order valence-corrected chi connectivity index (χ0v) is 10.2. The molecule has 1 rings (SSSR count). The first-order chi connectivity index (χ1) is 5.89. The molecule has 0 aromatic heterocycles. The summed E-state index contributed by atoms with van der Waals surface area (Å²) in [4.78, 5) is 0. The van der Waals surface area contributed by atoms with Crippen LogP contribution in [0.15, 0.2) is 0 Å². The molecule has 1 aliphatic rings. The highest BCUT2D eigenvalue weighted by Gasteiger charge is 2.43. The molecule has 1 saturated heterocycles. The van der Waals surface area contributed by atoms with E-state index in [2.05, 4.69) is 0 Å². The van der Waals surface area contributed by atoms with Crippen molar-refractivity contribution in [1.82, 2.24) is 4.31 Å². The van der Waals surface area contributed by atoms with Gasteiger partial charge in [-0.2, -0.15) is 0 Å². The molecule has 0 saturated carbocycles. The number of sulfonamides is 1. The molecule has 13 heavy (non-hydrogen) atoms. The number of hydrogen-bond acceptors (Lipinski definition) is 2. The van der Waals surface area contributed by atoms with Gasteiger partial charge in [-0.1, -0.05) is 20.8 Å². The molecule has 0 aromatic rings. The van der Waals surface area contributed by atoms with E-state index in [1.54, 1.807) is 14.0 Å². The second-order valence-electron chi connectivity index (χ2n) is 3.37. The maximum absolute atomic E-state index is 11.4. The van der Waals surface area contributed by atoms with Crippen LogP contribution in [-0.4, -0.2) is 31.1 Å². The van der Waals surface area contributed by atoms with Crippen molar-refractivity contribution in [3.05, 3.63) is 0 Å². The van der Waals surface area contributed by atoms with Crippen LogP contribution < -0.4 is 0 Å². The fourth-order valence-electron chi connectivity index (χ4n) is 1.49. The SMILES string of the molecule is CC.CC1C(C)N(C)S(=O)(=O)C1C. The fraction of sp³-hybridized carbons (Fsp3) is 1.00. The van der Waals surface area contributed by atoms with Crippen molar-refractivity contribution >= 4 is 10.0 Å². The molecule has 0 aromatic carbocycles. The maximum atomic E-state index is 11.4. The van der Waals surface area contributed by atoms with Crippen LogP contribution >= 0.6 is 0 Å². The van der Waals surface area contributed by atoms with Crippen LogP contribution in [-0.2, 0) is 10.0 Å². The van der Waals surface area contributed by atoms with E-state index in [1.807, 2.05) is 27.7 Å². The Labute approximate surface area is 82.2 Å². The van der Waals surface area contributed by atoms with Crippen LogP contribution in [0.25, 0.3) is 0 Å². The summed E-state index contributed by atoms with van der Waals surface area (Å²) in [6.07, 6.45) is 0. The van der Waals surface area contributed by atoms with E-state index in [0.717, 1.165) is 0 Å². The van der Waals surface area contributed by atoms with Crippen LogP contribution in [0.5, 0.6) is 0 Å². The van der Waals surface area contributed by atoms with Crippen molar-refractivity contribution in [2.45, 2.75) is 45.9 Å². The predicted molar refractivity (Wildman–Crippen MR) is 56.1 cm³/mol. The van der Waals surface area contributed by atoms with Crippen molar-refractivity contribution < 1.29 is 8.42 Å². The first-order valence-corrected chi connectivity index (χ1v) is 6.36. The van der Waals surface area contributed by atoms with Gasteiger partial charge in [-0.05, 0) is 19.8 Å². The summed E-state index contributed by atoms with van der Waals surface area (Å²) in [7, 11) is -1.32. The van der Waals surface area contributed by atoms with E-state index < -0.39 is 10.0 Å². The van der Waals surface area contributed by atoms with E-state index in [9.17, 15) is 8.42 Å². The highest BCUT2D eigenvalue weighted by Crippen LogP contribution is 2.30. The molecule has 3 unspecified atom stereocenters. The zero-order valence-electron chi connectivity index (χ0n) is 9.40. The van der Waals surface area contributed by atoms with E-state index in [0.29, 0.717) is 0 Å². The fourth-order valence-corrected chi connectivity index (χ4v) is 3.44. The van der Waals surface area contributed by atoms with E-state index in [-0.39, 0.29) is 17.2 Å². The molecule has 3 nitrogen and oxygen atoms in total. The number of rotatable bonds is 0. The quantitative estimate of drug-likeness (QED) is 0.606. The Balaban J connectivity index is 0.000000671. The monoisotopic (exact) mass is 207 g/mol. The van der Waals surface area contributed by atoms with Gasteiger partial charge in [0.05, 0.1) is 5.25 Å². The Morgan fingerprint density at radius 2 is 1.46 bits per heavy atom. The maximum Gasteiger partial charge on any atom is 0.217 e. The van der Waals surface area contributed by atoms with Gasteiger partial charge in [0.25, 0.3) is 0 Å². The lowest BCUT2D eigenvalue weighted by molar-refractivity contribution is 0.352. The lowest BCUT2D eigenvalue weighted by Gasteiger charge is -2.14. The summed E-state index contributed by atoms with van der Waals surface area (Å²) >= 11 is 0. The van der Waals surface area contributed by atoms with Gasteiger partial charge in [0, 0.05) is 13.1 Å². The highest BCUT2D eigenvalue weighted by molar-refractivity contribution is 7.90. The minimum Gasteiger partial charge on any atom is -0.212 e. The van der Waals surface area contributed by atoms with Gasteiger partial charge < -0.3 is 0 Å². The Morgan fingerprint density at radius 3 is 1.54 bits per heavy atom. The second-order valence-corrected chi connectivity index (χ2v) is 5.72. The van der Waals surface area contributed by atoms with E-state index >= 15 is 0 Å². The largest absolute Gasteiger partial charge is 0.217 e. The summed E-state index contributed by atoms with van der Waals surface area (Å²) in [6, 6.07) is 0.148. The molecular formula is C9H21NO2S. The van der Waals surface area contributed by atoms with Crippen LogP contribution in [0.3, 0.4) is 0 Å². The minimum absolute atomic E-state index is 0.148. The molecule has 0 bridgehead atoms. The summed E-state index contributed by atoms with van der Waals surface area (Å²) < 4.78 is 24.4. The van der Waals surface area contributed by atoms with Crippen LogP contribution in [0.1, 0.15) is 34.6 Å². The molecule has 4 heteroatoms. The smallest absolute Gasteiger partial charge is 0.212 e. The van der Waals surface area contributed by atoms with Gasteiger partial charge in [0.2, 0.25) is 10.0 Å². The number of hydrogen-bond donors (Lipinski definition) is 0. The minimum atomic E-state index is -2.97. The zero-order chi connectivity index (χ0) is 10.8. The van der Waals surface area contributed by atoms with Crippen molar-refractivity contribution in [2.75, 3.05) is 7.05 Å².